The minimum Gasteiger partial charge on any atom is -0.385 e. The molecule has 1 saturated carbocycles. The van der Waals surface area contributed by atoms with E-state index in [9.17, 15) is 5.11 Å². The van der Waals surface area contributed by atoms with Gasteiger partial charge in [0.25, 0.3) is 0 Å². The van der Waals surface area contributed by atoms with Crippen LogP contribution in [0.4, 0.5) is 0 Å². The molecular formula is C13H17ClO. The molecule has 0 amide bonds. The van der Waals surface area contributed by atoms with Gasteiger partial charge in [0.2, 0.25) is 0 Å². The van der Waals surface area contributed by atoms with E-state index in [0.717, 1.165) is 24.8 Å². The van der Waals surface area contributed by atoms with Gasteiger partial charge in [-0.2, -0.15) is 0 Å². The minimum atomic E-state index is -0.710. The lowest BCUT2D eigenvalue weighted by atomic mass is 9.73. The second-order valence-corrected chi connectivity index (χ2v) is 5.54. The van der Waals surface area contributed by atoms with Crippen LogP contribution in [0.25, 0.3) is 0 Å². The lowest BCUT2D eigenvalue weighted by molar-refractivity contribution is -0.0485. The van der Waals surface area contributed by atoms with E-state index in [-0.39, 0.29) is 5.41 Å². The number of hydrogen-bond acceptors (Lipinski definition) is 1. The van der Waals surface area contributed by atoms with Crippen LogP contribution in [-0.4, -0.2) is 5.11 Å². The molecule has 0 heterocycles. The van der Waals surface area contributed by atoms with Crippen LogP contribution in [0.15, 0.2) is 24.3 Å². The molecule has 0 bridgehead atoms. The Hall–Kier alpha value is -0.530. The normalized spacial score (nSPS) is 29.3. The third kappa shape index (κ3) is 1.68. The van der Waals surface area contributed by atoms with Crippen LogP contribution in [0.1, 0.15) is 38.7 Å². The lowest BCUT2D eigenvalue weighted by Crippen LogP contribution is -2.36. The van der Waals surface area contributed by atoms with Crippen LogP contribution in [0, 0.1) is 5.41 Å². The molecule has 1 unspecified atom stereocenters. The van der Waals surface area contributed by atoms with Crippen LogP contribution < -0.4 is 0 Å². The first kappa shape index (κ1) is 11.0. The largest absolute Gasteiger partial charge is 0.385 e. The van der Waals surface area contributed by atoms with Gasteiger partial charge in [-0.15, -0.1) is 0 Å². The van der Waals surface area contributed by atoms with Crippen molar-refractivity contribution in [3.8, 4) is 0 Å². The van der Waals surface area contributed by atoms with E-state index in [1.165, 1.54) is 0 Å². The van der Waals surface area contributed by atoms with Crippen LogP contribution >= 0.6 is 11.6 Å². The second kappa shape index (κ2) is 3.50. The molecule has 2 heteroatoms. The highest BCUT2D eigenvalue weighted by Gasteiger charge is 2.48. The van der Waals surface area contributed by atoms with Crippen LogP contribution in [0.3, 0.4) is 0 Å². The number of hydrogen-bond donors (Lipinski definition) is 1. The van der Waals surface area contributed by atoms with Gasteiger partial charge in [0.1, 0.15) is 0 Å². The van der Waals surface area contributed by atoms with Crippen molar-refractivity contribution < 1.29 is 5.11 Å². The van der Waals surface area contributed by atoms with Gasteiger partial charge in [-0.05, 0) is 42.4 Å². The second-order valence-electron chi connectivity index (χ2n) is 5.11. The Labute approximate surface area is 96.1 Å². The first-order valence-electron chi connectivity index (χ1n) is 5.44. The van der Waals surface area contributed by atoms with E-state index in [1.54, 1.807) is 0 Å². The molecule has 1 aliphatic carbocycles. The smallest absolute Gasteiger partial charge is 0.0947 e. The molecular weight excluding hydrogens is 208 g/mol. The summed E-state index contributed by atoms with van der Waals surface area (Å²) < 4.78 is 0. The number of halogens is 1. The molecule has 1 atom stereocenters. The zero-order valence-electron chi connectivity index (χ0n) is 9.26. The van der Waals surface area contributed by atoms with Crippen molar-refractivity contribution in [2.45, 2.75) is 38.7 Å². The first-order valence-corrected chi connectivity index (χ1v) is 5.82. The molecule has 82 valence electrons. The average Bonchev–Trinajstić information content (AvgIpc) is 2.43. The molecule has 1 aromatic rings. The first-order chi connectivity index (χ1) is 6.96. The highest BCUT2D eigenvalue weighted by Crippen LogP contribution is 2.52. The molecule has 0 aromatic heterocycles. The summed E-state index contributed by atoms with van der Waals surface area (Å²) >= 11 is 5.97. The molecule has 0 radical (unpaired) electrons. The van der Waals surface area contributed by atoms with E-state index in [2.05, 4.69) is 13.8 Å². The molecule has 0 spiro atoms. The third-order valence-electron chi connectivity index (χ3n) is 3.76. The van der Waals surface area contributed by atoms with Crippen molar-refractivity contribution in [1.82, 2.24) is 0 Å². The quantitative estimate of drug-likeness (QED) is 0.771. The van der Waals surface area contributed by atoms with Crippen LogP contribution in [0.5, 0.6) is 0 Å². The SMILES string of the molecule is CC1(C)CCCC1(O)c1cccc(Cl)c1. The monoisotopic (exact) mass is 224 g/mol. The standard InChI is InChI=1S/C13H17ClO/c1-12(2)7-4-8-13(12,15)10-5-3-6-11(14)9-10/h3,5-6,9,15H,4,7-8H2,1-2H3. The van der Waals surface area contributed by atoms with Crippen molar-refractivity contribution in [2.24, 2.45) is 5.41 Å². The minimum absolute atomic E-state index is 0.0579. The topological polar surface area (TPSA) is 20.2 Å². The molecule has 0 aliphatic heterocycles. The Balaban J connectivity index is 2.45. The summed E-state index contributed by atoms with van der Waals surface area (Å²) in [6.45, 7) is 4.25. The van der Waals surface area contributed by atoms with Gasteiger partial charge in [0.05, 0.1) is 5.60 Å². The maximum Gasteiger partial charge on any atom is 0.0947 e. The van der Waals surface area contributed by atoms with E-state index in [0.29, 0.717) is 5.02 Å². The Morgan fingerprint density at radius 3 is 2.53 bits per heavy atom. The lowest BCUT2D eigenvalue weighted by Gasteiger charge is -2.37. The van der Waals surface area contributed by atoms with Gasteiger partial charge >= 0.3 is 0 Å². The van der Waals surface area contributed by atoms with E-state index in [1.807, 2.05) is 24.3 Å². The van der Waals surface area contributed by atoms with Gasteiger partial charge in [0.15, 0.2) is 0 Å². The van der Waals surface area contributed by atoms with Gasteiger partial charge in [-0.3, -0.25) is 0 Å². The van der Waals surface area contributed by atoms with Gasteiger partial charge in [-0.1, -0.05) is 37.6 Å². The Kier molecular flexibility index (Phi) is 2.56. The number of rotatable bonds is 1. The molecule has 1 fully saturated rings. The fourth-order valence-electron chi connectivity index (χ4n) is 2.61. The predicted octanol–water partition coefficient (Wildman–Crippen LogP) is 3.74. The summed E-state index contributed by atoms with van der Waals surface area (Å²) in [4.78, 5) is 0. The molecule has 0 saturated heterocycles. The Morgan fingerprint density at radius 2 is 2.00 bits per heavy atom. The summed E-state index contributed by atoms with van der Waals surface area (Å²) in [5, 5.41) is 11.5. The summed E-state index contributed by atoms with van der Waals surface area (Å²) in [6.07, 6.45) is 2.98. The van der Waals surface area contributed by atoms with Gasteiger partial charge in [0, 0.05) is 5.02 Å². The zero-order chi connectivity index (χ0) is 11.1. The molecule has 1 N–H and O–H groups in total. The maximum absolute atomic E-state index is 10.8. The fourth-order valence-corrected chi connectivity index (χ4v) is 2.80. The van der Waals surface area contributed by atoms with Crippen molar-refractivity contribution in [1.29, 1.82) is 0 Å². The maximum atomic E-state index is 10.8. The van der Waals surface area contributed by atoms with E-state index in [4.69, 9.17) is 11.6 Å². The van der Waals surface area contributed by atoms with Crippen molar-refractivity contribution >= 4 is 11.6 Å². The van der Waals surface area contributed by atoms with Crippen molar-refractivity contribution in [3.63, 3.8) is 0 Å². The molecule has 2 rings (SSSR count). The average molecular weight is 225 g/mol. The van der Waals surface area contributed by atoms with E-state index >= 15 is 0 Å². The summed E-state index contributed by atoms with van der Waals surface area (Å²) in [6, 6.07) is 7.61. The predicted molar refractivity (Wildman–Crippen MR) is 63.0 cm³/mol. The molecule has 1 aromatic carbocycles. The van der Waals surface area contributed by atoms with Crippen molar-refractivity contribution in [3.05, 3.63) is 34.9 Å². The van der Waals surface area contributed by atoms with Gasteiger partial charge < -0.3 is 5.11 Å². The molecule has 15 heavy (non-hydrogen) atoms. The third-order valence-corrected chi connectivity index (χ3v) is 4.00. The van der Waals surface area contributed by atoms with Gasteiger partial charge in [-0.25, -0.2) is 0 Å². The Bertz CT molecular complexity index is 373. The number of aliphatic hydroxyl groups is 1. The zero-order valence-corrected chi connectivity index (χ0v) is 10.0. The molecule has 1 aliphatic rings. The highest BCUT2D eigenvalue weighted by molar-refractivity contribution is 6.30. The van der Waals surface area contributed by atoms with Crippen LogP contribution in [-0.2, 0) is 5.60 Å². The Morgan fingerprint density at radius 1 is 1.27 bits per heavy atom. The van der Waals surface area contributed by atoms with Crippen molar-refractivity contribution in [2.75, 3.05) is 0 Å². The summed E-state index contributed by atoms with van der Waals surface area (Å²) in [7, 11) is 0. The van der Waals surface area contributed by atoms with Crippen LogP contribution in [0.2, 0.25) is 5.02 Å². The fraction of sp³-hybridized carbons (Fsp3) is 0.538. The summed E-state index contributed by atoms with van der Waals surface area (Å²) in [5.41, 5.74) is 0.188. The summed E-state index contributed by atoms with van der Waals surface area (Å²) in [5.74, 6) is 0. The number of benzene rings is 1. The van der Waals surface area contributed by atoms with E-state index < -0.39 is 5.60 Å². The molecule has 1 nitrogen and oxygen atoms in total. The highest BCUT2D eigenvalue weighted by atomic mass is 35.5.